The van der Waals surface area contributed by atoms with Crippen LogP contribution in [0.2, 0.25) is 0 Å². The van der Waals surface area contributed by atoms with Gasteiger partial charge in [-0.05, 0) is 24.1 Å². The van der Waals surface area contributed by atoms with Crippen molar-refractivity contribution in [1.29, 1.82) is 0 Å². The number of hydrogen-bond acceptors (Lipinski definition) is 7. The lowest BCUT2D eigenvalue weighted by Crippen LogP contribution is -2.53. The molecule has 2 N–H and O–H groups in total. The molecular formula is C27H22N4O6. The van der Waals surface area contributed by atoms with Gasteiger partial charge < -0.3 is 10.1 Å². The summed E-state index contributed by atoms with van der Waals surface area (Å²) in [4.78, 5) is 53.6. The van der Waals surface area contributed by atoms with Crippen LogP contribution in [0, 0.1) is 22.0 Å². The molecule has 1 spiro atoms. The van der Waals surface area contributed by atoms with Crippen molar-refractivity contribution in [3.8, 4) is 5.75 Å². The number of nitrogens with zero attached hydrogens (tertiary/aromatic N) is 2. The number of carbonyl (C=O) groups excluding carboxylic acids is 3. The van der Waals surface area contributed by atoms with Crippen LogP contribution in [0.5, 0.6) is 5.75 Å². The number of nitrogens with one attached hydrogen (secondary N) is 2. The van der Waals surface area contributed by atoms with Gasteiger partial charge in [0.2, 0.25) is 17.7 Å². The van der Waals surface area contributed by atoms with Gasteiger partial charge >= 0.3 is 0 Å². The van der Waals surface area contributed by atoms with Gasteiger partial charge in [-0.1, -0.05) is 48.5 Å². The maximum atomic E-state index is 14.1. The van der Waals surface area contributed by atoms with Gasteiger partial charge in [-0.15, -0.1) is 0 Å². The molecule has 4 atom stereocenters. The number of benzene rings is 3. The molecule has 0 saturated carbocycles. The third kappa shape index (κ3) is 3.19. The Morgan fingerprint density at radius 1 is 1.00 bits per heavy atom. The fourth-order valence-corrected chi connectivity index (χ4v) is 6.01. The molecule has 6 rings (SSSR count). The van der Waals surface area contributed by atoms with E-state index in [1.807, 2.05) is 30.3 Å². The van der Waals surface area contributed by atoms with Crippen molar-refractivity contribution in [2.45, 2.75) is 18.0 Å². The zero-order valence-corrected chi connectivity index (χ0v) is 19.7. The van der Waals surface area contributed by atoms with Gasteiger partial charge in [0.1, 0.15) is 17.0 Å². The molecule has 3 aromatic carbocycles. The first-order valence-electron chi connectivity index (χ1n) is 11.8. The van der Waals surface area contributed by atoms with Crippen LogP contribution >= 0.6 is 0 Å². The maximum Gasteiger partial charge on any atom is 0.271 e. The van der Waals surface area contributed by atoms with Gasteiger partial charge in [0.25, 0.3) is 5.69 Å². The van der Waals surface area contributed by atoms with Gasteiger partial charge in [0.05, 0.1) is 23.9 Å². The van der Waals surface area contributed by atoms with E-state index in [1.165, 1.54) is 19.2 Å². The van der Waals surface area contributed by atoms with E-state index >= 15 is 0 Å². The highest BCUT2D eigenvalue weighted by Gasteiger charge is 2.70. The number of rotatable bonds is 5. The fourth-order valence-electron chi connectivity index (χ4n) is 6.01. The Morgan fingerprint density at radius 2 is 1.73 bits per heavy atom. The van der Waals surface area contributed by atoms with Crippen molar-refractivity contribution in [3.63, 3.8) is 0 Å². The van der Waals surface area contributed by atoms with Gasteiger partial charge in [0, 0.05) is 29.4 Å². The number of methoxy groups -OCH3 is 1. The lowest BCUT2D eigenvalue weighted by Gasteiger charge is -2.29. The van der Waals surface area contributed by atoms with Crippen LogP contribution < -0.4 is 20.3 Å². The number of fused-ring (bicyclic) bond motifs is 4. The Balaban J connectivity index is 1.52. The number of imide groups is 1. The molecule has 3 aliphatic rings. The first-order valence-corrected chi connectivity index (χ1v) is 11.8. The monoisotopic (exact) mass is 498 g/mol. The zero-order chi connectivity index (χ0) is 25.9. The molecule has 37 heavy (non-hydrogen) atoms. The predicted octanol–water partition coefficient (Wildman–Crippen LogP) is 2.77. The molecule has 0 bridgehead atoms. The molecule has 10 nitrogen and oxygen atoms in total. The molecule has 3 aliphatic heterocycles. The molecular weight excluding hydrogens is 476 g/mol. The average molecular weight is 498 g/mol. The topological polar surface area (TPSA) is 131 Å². The summed E-state index contributed by atoms with van der Waals surface area (Å²) >= 11 is 0. The normalized spacial score (nSPS) is 25.8. The summed E-state index contributed by atoms with van der Waals surface area (Å²) in [6, 6.07) is 19.8. The van der Waals surface area contributed by atoms with E-state index in [1.54, 1.807) is 24.3 Å². The zero-order valence-electron chi connectivity index (χ0n) is 19.7. The number of non-ortho nitro benzene ring substituents is 1. The average Bonchev–Trinajstić information content (AvgIpc) is 3.48. The predicted molar refractivity (Wildman–Crippen MR) is 133 cm³/mol. The van der Waals surface area contributed by atoms with Crippen molar-refractivity contribution in [2.75, 3.05) is 17.3 Å². The quantitative estimate of drug-likeness (QED) is 0.314. The highest BCUT2D eigenvalue weighted by molar-refractivity contribution is 6.26. The molecule has 0 unspecified atom stereocenters. The van der Waals surface area contributed by atoms with E-state index in [9.17, 15) is 24.5 Å². The van der Waals surface area contributed by atoms with Crippen molar-refractivity contribution in [2.24, 2.45) is 11.8 Å². The van der Waals surface area contributed by atoms with Crippen LogP contribution in [0.1, 0.15) is 11.1 Å². The second kappa shape index (κ2) is 8.24. The summed E-state index contributed by atoms with van der Waals surface area (Å²) in [6.45, 7) is 0. The van der Waals surface area contributed by atoms with E-state index in [-0.39, 0.29) is 17.1 Å². The lowest BCUT2D eigenvalue weighted by atomic mass is 9.76. The van der Waals surface area contributed by atoms with Crippen LogP contribution in [0.3, 0.4) is 0 Å². The SMILES string of the molecule is COc1ccc([N+](=O)[O-])cc1N1C(=O)[C@@H]2[C@H](Cc3ccccc3)N[C@]3(C(=O)Nc4ccccc43)[C@@H]2C1=O. The lowest BCUT2D eigenvalue weighted by molar-refractivity contribution is -0.384. The third-order valence-corrected chi connectivity index (χ3v) is 7.54. The van der Waals surface area contributed by atoms with E-state index < -0.39 is 46.1 Å². The first kappa shape index (κ1) is 22.9. The number of anilines is 2. The third-order valence-electron chi connectivity index (χ3n) is 7.54. The minimum atomic E-state index is -1.46. The Bertz CT molecular complexity index is 1470. The minimum Gasteiger partial charge on any atom is -0.495 e. The highest BCUT2D eigenvalue weighted by Crippen LogP contribution is 2.54. The molecule has 3 amide bonds. The second-order valence-electron chi connectivity index (χ2n) is 9.38. The number of nitro benzene ring substituents is 1. The summed E-state index contributed by atoms with van der Waals surface area (Å²) in [5, 5.41) is 17.7. The summed E-state index contributed by atoms with van der Waals surface area (Å²) in [5.41, 5.74) is 0.350. The number of amides is 3. The summed E-state index contributed by atoms with van der Waals surface area (Å²) in [6.07, 6.45) is 0.401. The fraction of sp³-hybridized carbons (Fsp3) is 0.222. The van der Waals surface area contributed by atoms with E-state index in [0.717, 1.165) is 16.5 Å². The number of para-hydroxylation sites is 1. The van der Waals surface area contributed by atoms with E-state index in [0.29, 0.717) is 17.7 Å². The van der Waals surface area contributed by atoms with Crippen LogP contribution in [0.15, 0.2) is 72.8 Å². The molecule has 0 radical (unpaired) electrons. The first-order chi connectivity index (χ1) is 17.9. The van der Waals surface area contributed by atoms with Gasteiger partial charge in [-0.25, -0.2) is 4.90 Å². The Kier molecular flexibility index (Phi) is 5.09. The van der Waals surface area contributed by atoms with E-state index in [2.05, 4.69) is 10.6 Å². The number of nitro groups is 1. The highest BCUT2D eigenvalue weighted by atomic mass is 16.6. The second-order valence-corrected chi connectivity index (χ2v) is 9.38. The molecule has 186 valence electrons. The van der Waals surface area contributed by atoms with Crippen molar-refractivity contribution >= 4 is 34.8 Å². The van der Waals surface area contributed by atoms with Crippen molar-refractivity contribution < 1.29 is 24.0 Å². The smallest absolute Gasteiger partial charge is 0.271 e. The molecule has 0 aromatic heterocycles. The molecule has 2 fully saturated rings. The van der Waals surface area contributed by atoms with Gasteiger partial charge in [0.15, 0.2) is 0 Å². The Labute approximate surface area is 211 Å². The van der Waals surface area contributed by atoms with Gasteiger partial charge in [-0.2, -0.15) is 0 Å². The maximum absolute atomic E-state index is 14.1. The molecule has 2 saturated heterocycles. The van der Waals surface area contributed by atoms with E-state index in [4.69, 9.17) is 4.74 Å². The van der Waals surface area contributed by atoms with Crippen LogP contribution in [0.4, 0.5) is 17.1 Å². The van der Waals surface area contributed by atoms with Crippen LogP contribution in [-0.2, 0) is 26.3 Å². The number of hydrogen-bond donors (Lipinski definition) is 2. The van der Waals surface area contributed by atoms with Crippen molar-refractivity contribution in [1.82, 2.24) is 5.32 Å². The summed E-state index contributed by atoms with van der Waals surface area (Å²) in [7, 11) is 1.36. The molecule has 3 aromatic rings. The number of ether oxygens (including phenoxy) is 1. The summed E-state index contributed by atoms with van der Waals surface area (Å²) < 4.78 is 5.36. The Hall–Kier alpha value is -4.57. The standard InChI is InChI=1S/C27H22N4O6/c1-37-21-12-11-16(31(35)36)14-20(21)30-24(32)22-19(13-15-7-3-2-4-8-15)29-27(23(22)25(30)33)17-9-5-6-10-18(17)28-26(27)34/h2-12,14,19,22-23,29H,13H2,1H3,(H,28,34)/t19-,22+,23-,27-/m0/s1. The van der Waals surface area contributed by atoms with Crippen LogP contribution in [-0.4, -0.2) is 35.8 Å². The summed E-state index contributed by atoms with van der Waals surface area (Å²) in [5.74, 6) is -3.34. The van der Waals surface area contributed by atoms with Crippen LogP contribution in [0.25, 0.3) is 0 Å². The van der Waals surface area contributed by atoms with Crippen molar-refractivity contribution in [3.05, 3.63) is 94.0 Å². The largest absolute Gasteiger partial charge is 0.495 e. The molecule has 0 aliphatic carbocycles. The minimum absolute atomic E-state index is 0.0126. The number of carbonyl (C=O) groups is 3. The Morgan fingerprint density at radius 3 is 2.46 bits per heavy atom. The molecule has 3 heterocycles. The molecule has 10 heteroatoms. The van der Waals surface area contributed by atoms with Gasteiger partial charge in [-0.3, -0.25) is 29.8 Å².